The maximum Gasteiger partial charge on any atom is 0.330 e. The molecule has 1 rings (SSSR count). The van der Waals surface area contributed by atoms with E-state index in [4.69, 9.17) is 9.94 Å². The Labute approximate surface area is 94.5 Å². The second-order valence-corrected chi connectivity index (χ2v) is 4.86. The summed E-state index contributed by atoms with van der Waals surface area (Å²) in [5.74, 6) is -1.28. The number of carboxylic acids is 1. The summed E-state index contributed by atoms with van der Waals surface area (Å²) in [4.78, 5) is 27.5. The van der Waals surface area contributed by atoms with Crippen LogP contribution in [0.1, 0.15) is 20.8 Å². The molecule has 16 heavy (non-hydrogen) atoms. The first kappa shape index (κ1) is 12.9. The van der Waals surface area contributed by atoms with Gasteiger partial charge in [-0.2, -0.15) is 0 Å². The van der Waals surface area contributed by atoms with Gasteiger partial charge in [-0.15, -0.1) is 5.06 Å². The number of nitrogens with zero attached hydrogens (tertiary/aromatic N) is 1. The van der Waals surface area contributed by atoms with E-state index in [0.717, 1.165) is 0 Å². The molecule has 0 aliphatic carbocycles. The molecule has 0 aromatic carbocycles. The molecule has 0 aromatic heterocycles. The molecule has 2 N–H and O–H groups in total. The molecule has 6 nitrogen and oxygen atoms in total. The van der Waals surface area contributed by atoms with Gasteiger partial charge in [-0.1, -0.05) is 0 Å². The largest absolute Gasteiger partial charge is 0.480 e. The highest BCUT2D eigenvalue weighted by atomic mass is 16.7. The summed E-state index contributed by atoms with van der Waals surface area (Å²) in [6.07, 6.45) is 0. The van der Waals surface area contributed by atoms with Crippen LogP contribution in [0.15, 0.2) is 0 Å². The SMILES string of the molecule is CC(C)(C)C(=O)ON1CCNC(C(=O)O)C1. The number of rotatable bonds is 2. The minimum absolute atomic E-state index is 0.178. The summed E-state index contributed by atoms with van der Waals surface area (Å²) >= 11 is 0. The van der Waals surface area contributed by atoms with Gasteiger partial charge in [-0.3, -0.25) is 4.79 Å². The number of carbonyl (C=O) groups is 2. The number of nitrogens with one attached hydrogen (secondary N) is 1. The summed E-state index contributed by atoms with van der Waals surface area (Å²) in [5.41, 5.74) is -0.580. The first-order valence-corrected chi connectivity index (χ1v) is 5.24. The van der Waals surface area contributed by atoms with E-state index < -0.39 is 17.4 Å². The number of carbonyl (C=O) groups excluding carboxylic acids is 1. The van der Waals surface area contributed by atoms with Crippen molar-refractivity contribution in [2.24, 2.45) is 5.41 Å². The lowest BCUT2D eigenvalue weighted by molar-refractivity contribution is -0.206. The van der Waals surface area contributed by atoms with E-state index >= 15 is 0 Å². The highest BCUT2D eigenvalue weighted by molar-refractivity contribution is 5.75. The lowest BCUT2D eigenvalue weighted by Gasteiger charge is -2.31. The van der Waals surface area contributed by atoms with Crippen LogP contribution in [-0.2, 0) is 14.4 Å². The molecule has 0 amide bonds. The van der Waals surface area contributed by atoms with Gasteiger partial charge in [0.15, 0.2) is 0 Å². The van der Waals surface area contributed by atoms with Crippen molar-refractivity contribution in [2.75, 3.05) is 19.6 Å². The zero-order valence-electron chi connectivity index (χ0n) is 9.82. The smallest absolute Gasteiger partial charge is 0.330 e. The van der Waals surface area contributed by atoms with Crippen LogP contribution in [0.5, 0.6) is 0 Å². The van der Waals surface area contributed by atoms with Crippen molar-refractivity contribution in [3.8, 4) is 0 Å². The molecule has 1 aliphatic rings. The van der Waals surface area contributed by atoms with Gasteiger partial charge in [0.2, 0.25) is 0 Å². The average Bonchev–Trinajstić information content (AvgIpc) is 2.16. The highest BCUT2D eigenvalue weighted by Gasteiger charge is 2.30. The van der Waals surface area contributed by atoms with Crippen LogP contribution < -0.4 is 5.32 Å². The van der Waals surface area contributed by atoms with E-state index in [1.54, 1.807) is 20.8 Å². The molecular weight excluding hydrogens is 212 g/mol. The van der Waals surface area contributed by atoms with Crippen LogP contribution in [0.3, 0.4) is 0 Å². The van der Waals surface area contributed by atoms with Gasteiger partial charge in [0.1, 0.15) is 6.04 Å². The second-order valence-electron chi connectivity index (χ2n) is 4.86. The molecule has 1 fully saturated rings. The second kappa shape index (κ2) is 4.80. The fourth-order valence-corrected chi connectivity index (χ4v) is 1.23. The Morgan fingerprint density at radius 2 is 2.06 bits per heavy atom. The Morgan fingerprint density at radius 3 is 2.56 bits per heavy atom. The zero-order chi connectivity index (χ0) is 12.3. The molecule has 6 heteroatoms. The minimum Gasteiger partial charge on any atom is -0.480 e. The molecule has 0 spiro atoms. The molecular formula is C10H18N2O4. The third kappa shape index (κ3) is 3.46. The lowest BCUT2D eigenvalue weighted by atomic mass is 9.98. The van der Waals surface area contributed by atoms with Gasteiger partial charge in [0.05, 0.1) is 12.0 Å². The van der Waals surface area contributed by atoms with Crippen molar-refractivity contribution in [3.63, 3.8) is 0 Å². The highest BCUT2D eigenvalue weighted by Crippen LogP contribution is 2.16. The zero-order valence-corrected chi connectivity index (χ0v) is 9.82. The fourth-order valence-electron chi connectivity index (χ4n) is 1.23. The van der Waals surface area contributed by atoms with Crippen LogP contribution in [0.25, 0.3) is 0 Å². The van der Waals surface area contributed by atoms with Crippen molar-refractivity contribution >= 4 is 11.9 Å². The van der Waals surface area contributed by atoms with E-state index in [2.05, 4.69) is 5.32 Å². The minimum atomic E-state index is -0.934. The fraction of sp³-hybridized carbons (Fsp3) is 0.800. The molecule has 92 valence electrons. The summed E-state index contributed by atoms with van der Waals surface area (Å²) in [5, 5.41) is 13.1. The Bertz CT molecular complexity index is 285. The van der Waals surface area contributed by atoms with Crippen molar-refractivity contribution in [1.82, 2.24) is 10.4 Å². The maximum absolute atomic E-state index is 11.6. The molecule has 0 bridgehead atoms. The van der Waals surface area contributed by atoms with Crippen LogP contribution in [0.4, 0.5) is 0 Å². The van der Waals surface area contributed by atoms with Crippen molar-refractivity contribution in [3.05, 3.63) is 0 Å². The topological polar surface area (TPSA) is 78.9 Å². The van der Waals surface area contributed by atoms with Gasteiger partial charge in [0, 0.05) is 13.1 Å². The van der Waals surface area contributed by atoms with Crippen molar-refractivity contribution in [1.29, 1.82) is 0 Å². The summed E-state index contributed by atoms with van der Waals surface area (Å²) in [6.45, 7) is 6.45. The molecule has 1 unspecified atom stereocenters. The maximum atomic E-state index is 11.6. The number of hydrogen-bond donors (Lipinski definition) is 2. The normalized spacial score (nSPS) is 22.8. The average molecular weight is 230 g/mol. The number of hydroxylamine groups is 2. The number of piperazine rings is 1. The Kier molecular flexibility index (Phi) is 3.88. The van der Waals surface area contributed by atoms with Crippen LogP contribution in [0.2, 0.25) is 0 Å². The van der Waals surface area contributed by atoms with E-state index in [1.807, 2.05) is 0 Å². The standard InChI is InChI=1S/C10H18N2O4/c1-10(2,3)9(15)16-12-5-4-11-7(6-12)8(13)14/h7,11H,4-6H2,1-3H3,(H,13,14). The third-order valence-electron chi connectivity index (χ3n) is 2.26. The predicted molar refractivity (Wildman–Crippen MR) is 56.5 cm³/mol. The Balaban J connectivity index is 2.49. The quantitative estimate of drug-likeness (QED) is 0.687. The number of aliphatic carboxylic acids is 1. The summed E-state index contributed by atoms with van der Waals surface area (Å²) in [7, 11) is 0. The van der Waals surface area contributed by atoms with E-state index in [1.165, 1.54) is 5.06 Å². The molecule has 1 saturated heterocycles. The Hall–Kier alpha value is -1.14. The number of carboxylic acid groups (broad SMARTS) is 1. The van der Waals surface area contributed by atoms with E-state index in [9.17, 15) is 9.59 Å². The summed E-state index contributed by atoms with van der Waals surface area (Å²) in [6, 6.07) is -0.679. The van der Waals surface area contributed by atoms with Gasteiger partial charge in [-0.25, -0.2) is 4.79 Å². The molecule has 0 saturated carbocycles. The lowest BCUT2D eigenvalue weighted by Crippen LogP contribution is -2.54. The molecule has 1 heterocycles. The molecule has 0 aromatic rings. The number of hydrogen-bond acceptors (Lipinski definition) is 5. The van der Waals surface area contributed by atoms with Crippen molar-refractivity contribution in [2.45, 2.75) is 26.8 Å². The van der Waals surface area contributed by atoms with E-state index in [-0.39, 0.29) is 12.5 Å². The van der Waals surface area contributed by atoms with Crippen LogP contribution in [-0.4, -0.2) is 47.8 Å². The van der Waals surface area contributed by atoms with Crippen LogP contribution >= 0.6 is 0 Å². The Morgan fingerprint density at radius 1 is 1.44 bits per heavy atom. The third-order valence-corrected chi connectivity index (χ3v) is 2.26. The van der Waals surface area contributed by atoms with Gasteiger partial charge in [0.25, 0.3) is 0 Å². The van der Waals surface area contributed by atoms with Crippen molar-refractivity contribution < 1.29 is 19.5 Å². The molecule has 0 radical (unpaired) electrons. The summed E-state index contributed by atoms with van der Waals surface area (Å²) < 4.78 is 0. The monoisotopic (exact) mass is 230 g/mol. The molecule has 1 atom stereocenters. The van der Waals surface area contributed by atoms with E-state index in [0.29, 0.717) is 13.1 Å². The van der Waals surface area contributed by atoms with Gasteiger partial charge in [-0.05, 0) is 20.8 Å². The molecule has 1 aliphatic heterocycles. The van der Waals surface area contributed by atoms with Gasteiger partial charge < -0.3 is 15.3 Å². The van der Waals surface area contributed by atoms with Crippen LogP contribution in [0, 0.1) is 5.41 Å². The van der Waals surface area contributed by atoms with Gasteiger partial charge >= 0.3 is 11.9 Å². The first-order chi connectivity index (χ1) is 7.30. The first-order valence-electron chi connectivity index (χ1n) is 5.24. The predicted octanol–water partition coefficient (Wildman–Crippen LogP) is -0.151.